The van der Waals surface area contributed by atoms with Crippen LogP contribution in [0.3, 0.4) is 0 Å². The van der Waals surface area contributed by atoms with Gasteiger partial charge >= 0.3 is 12.1 Å². The molecule has 0 saturated heterocycles. The number of esters is 1. The van der Waals surface area contributed by atoms with Crippen LogP contribution < -0.4 is 0 Å². The van der Waals surface area contributed by atoms with Crippen LogP contribution in [0.25, 0.3) is 0 Å². The maximum atomic E-state index is 13.0. The van der Waals surface area contributed by atoms with Gasteiger partial charge in [0.25, 0.3) is 0 Å². The first-order valence-corrected chi connectivity index (χ1v) is 6.74. The van der Waals surface area contributed by atoms with E-state index in [1.165, 1.54) is 4.68 Å². The number of nitrogens with zero attached hydrogens (tertiary/aromatic N) is 2. The molecule has 1 saturated carbocycles. The molecular weight excluding hydrogens is 273 g/mol. The average molecular weight is 288 g/mol. The second-order valence-corrected chi connectivity index (χ2v) is 5.31. The van der Waals surface area contributed by atoms with Gasteiger partial charge in [0.15, 0.2) is 5.69 Å². The number of fused-ring (bicyclic) bond motifs is 3. The van der Waals surface area contributed by atoms with E-state index in [0.29, 0.717) is 18.0 Å². The Morgan fingerprint density at radius 3 is 2.90 bits per heavy atom. The normalized spacial score (nSPS) is 24.0. The highest BCUT2D eigenvalue weighted by molar-refractivity contribution is 5.69. The van der Waals surface area contributed by atoms with Crippen LogP contribution in [-0.2, 0) is 28.7 Å². The Hall–Kier alpha value is -1.53. The molecule has 2 aliphatic rings. The van der Waals surface area contributed by atoms with Gasteiger partial charge in [-0.25, -0.2) is 0 Å². The second kappa shape index (κ2) is 4.49. The van der Waals surface area contributed by atoms with Crippen LogP contribution in [0.4, 0.5) is 13.2 Å². The number of carbonyl (C=O) groups excluding carboxylic acids is 1. The summed E-state index contributed by atoms with van der Waals surface area (Å²) in [6.45, 7) is 1.63. The van der Waals surface area contributed by atoms with Crippen molar-refractivity contribution >= 4 is 5.97 Å². The molecule has 0 bridgehead atoms. The summed E-state index contributed by atoms with van der Waals surface area (Å²) in [7, 11) is 0. The van der Waals surface area contributed by atoms with Gasteiger partial charge in [-0.3, -0.25) is 9.48 Å². The summed E-state index contributed by atoms with van der Waals surface area (Å²) in [6.07, 6.45) is -2.38. The van der Waals surface area contributed by atoms with E-state index < -0.39 is 17.8 Å². The number of halogens is 3. The zero-order valence-electron chi connectivity index (χ0n) is 11.0. The molecule has 2 unspecified atom stereocenters. The van der Waals surface area contributed by atoms with Crippen molar-refractivity contribution in [3.05, 3.63) is 17.0 Å². The van der Waals surface area contributed by atoms with E-state index in [-0.39, 0.29) is 24.6 Å². The third-order valence-electron chi connectivity index (χ3n) is 3.99. The van der Waals surface area contributed by atoms with Gasteiger partial charge in [0.1, 0.15) is 6.54 Å². The Balaban J connectivity index is 1.98. The summed E-state index contributed by atoms with van der Waals surface area (Å²) in [6, 6.07) is 0. The number of rotatable bonds is 3. The van der Waals surface area contributed by atoms with E-state index in [1.807, 2.05) is 0 Å². The van der Waals surface area contributed by atoms with E-state index in [9.17, 15) is 18.0 Å². The van der Waals surface area contributed by atoms with Crippen LogP contribution in [0.15, 0.2) is 0 Å². The molecule has 0 spiro atoms. The molecule has 3 rings (SSSR count). The minimum Gasteiger partial charge on any atom is -0.465 e. The zero-order valence-corrected chi connectivity index (χ0v) is 11.0. The van der Waals surface area contributed by atoms with Gasteiger partial charge in [0.05, 0.1) is 6.61 Å². The Bertz CT molecular complexity index is 551. The SMILES string of the molecule is CCOC(=O)Cn1nc(C(F)(F)F)c2c1C1CC1CC2. The zero-order chi connectivity index (χ0) is 14.5. The van der Waals surface area contributed by atoms with E-state index in [4.69, 9.17) is 4.74 Å². The van der Waals surface area contributed by atoms with Crippen LogP contribution in [0.1, 0.15) is 42.6 Å². The monoisotopic (exact) mass is 288 g/mol. The molecule has 110 valence electrons. The second-order valence-electron chi connectivity index (χ2n) is 5.31. The van der Waals surface area contributed by atoms with Crippen molar-refractivity contribution in [1.82, 2.24) is 9.78 Å². The molecule has 0 aliphatic heterocycles. The molecule has 1 aromatic rings. The van der Waals surface area contributed by atoms with Crippen LogP contribution in [-0.4, -0.2) is 22.4 Å². The number of ether oxygens (including phenoxy) is 1. The van der Waals surface area contributed by atoms with Crippen LogP contribution in [0, 0.1) is 5.92 Å². The Labute approximate surface area is 113 Å². The lowest BCUT2D eigenvalue weighted by Crippen LogP contribution is -2.17. The standard InChI is InChI=1S/C13H15F3N2O2/c1-2-20-10(19)6-18-11-8(4-3-7-5-9(7)11)12(17-18)13(14,15)16/h7,9H,2-6H2,1H3. The fourth-order valence-electron chi connectivity index (χ4n) is 3.08. The topological polar surface area (TPSA) is 44.1 Å². The summed E-state index contributed by atoms with van der Waals surface area (Å²) in [5.41, 5.74) is 0.0457. The maximum absolute atomic E-state index is 13.0. The van der Waals surface area contributed by atoms with Crippen LogP contribution >= 0.6 is 0 Å². The number of hydrogen-bond acceptors (Lipinski definition) is 3. The summed E-state index contributed by atoms with van der Waals surface area (Å²) in [4.78, 5) is 11.5. The lowest BCUT2D eigenvalue weighted by molar-refractivity contribution is -0.146. The number of aromatic nitrogens is 2. The quantitative estimate of drug-likeness (QED) is 0.803. The Morgan fingerprint density at radius 2 is 2.25 bits per heavy atom. The minimum absolute atomic E-state index is 0.136. The molecule has 0 radical (unpaired) electrons. The highest BCUT2D eigenvalue weighted by atomic mass is 19.4. The third-order valence-corrected chi connectivity index (χ3v) is 3.99. The first-order chi connectivity index (χ1) is 9.41. The van der Waals surface area contributed by atoms with Gasteiger partial charge in [-0.2, -0.15) is 18.3 Å². The maximum Gasteiger partial charge on any atom is 0.435 e. The van der Waals surface area contributed by atoms with E-state index in [2.05, 4.69) is 5.10 Å². The highest BCUT2D eigenvalue weighted by Crippen LogP contribution is 2.56. The molecule has 1 heterocycles. The largest absolute Gasteiger partial charge is 0.465 e. The van der Waals surface area contributed by atoms with Gasteiger partial charge in [-0.15, -0.1) is 0 Å². The van der Waals surface area contributed by atoms with Crippen molar-refractivity contribution in [3.63, 3.8) is 0 Å². The van der Waals surface area contributed by atoms with Gasteiger partial charge in [-0.05, 0) is 32.1 Å². The van der Waals surface area contributed by atoms with Crippen LogP contribution in [0.5, 0.6) is 0 Å². The third kappa shape index (κ3) is 2.19. The summed E-state index contributed by atoms with van der Waals surface area (Å²) < 4.78 is 45.1. The highest BCUT2D eigenvalue weighted by Gasteiger charge is 2.49. The summed E-state index contributed by atoms with van der Waals surface area (Å²) in [5.74, 6) is 0.0484. The molecule has 1 fully saturated rings. The van der Waals surface area contributed by atoms with E-state index in [1.54, 1.807) is 6.92 Å². The van der Waals surface area contributed by atoms with Gasteiger partial charge < -0.3 is 4.74 Å². The molecule has 0 aromatic carbocycles. The first-order valence-electron chi connectivity index (χ1n) is 6.74. The fraction of sp³-hybridized carbons (Fsp3) is 0.692. The lowest BCUT2D eigenvalue weighted by Gasteiger charge is -2.14. The van der Waals surface area contributed by atoms with E-state index >= 15 is 0 Å². The van der Waals surface area contributed by atoms with Crippen LogP contribution in [0.2, 0.25) is 0 Å². The summed E-state index contributed by atoms with van der Waals surface area (Å²) >= 11 is 0. The number of carbonyl (C=O) groups is 1. The Morgan fingerprint density at radius 1 is 1.50 bits per heavy atom. The van der Waals surface area contributed by atoms with Gasteiger partial charge in [0, 0.05) is 17.2 Å². The molecule has 2 aliphatic carbocycles. The molecule has 0 N–H and O–H groups in total. The van der Waals surface area contributed by atoms with Crippen molar-refractivity contribution in [2.45, 2.75) is 44.8 Å². The number of hydrogen-bond donors (Lipinski definition) is 0. The molecular formula is C13H15F3N2O2. The smallest absolute Gasteiger partial charge is 0.435 e. The predicted molar refractivity (Wildman–Crippen MR) is 63.0 cm³/mol. The van der Waals surface area contributed by atoms with Crippen molar-refractivity contribution in [3.8, 4) is 0 Å². The molecule has 1 aromatic heterocycles. The van der Waals surface area contributed by atoms with Crippen molar-refractivity contribution < 1.29 is 22.7 Å². The van der Waals surface area contributed by atoms with Crippen molar-refractivity contribution in [2.75, 3.05) is 6.61 Å². The van der Waals surface area contributed by atoms with E-state index in [0.717, 1.165) is 12.8 Å². The summed E-state index contributed by atoms with van der Waals surface area (Å²) in [5, 5.41) is 3.65. The number of alkyl halides is 3. The molecule has 20 heavy (non-hydrogen) atoms. The Kier molecular flexibility index (Phi) is 3.02. The van der Waals surface area contributed by atoms with Crippen molar-refractivity contribution in [2.24, 2.45) is 5.92 Å². The molecule has 2 atom stereocenters. The molecule has 4 nitrogen and oxygen atoms in total. The van der Waals surface area contributed by atoms with Gasteiger partial charge in [-0.1, -0.05) is 0 Å². The fourth-order valence-corrected chi connectivity index (χ4v) is 3.08. The minimum atomic E-state index is -4.47. The predicted octanol–water partition coefficient (Wildman–Crippen LogP) is 2.51. The first kappa shape index (κ1) is 13.5. The lowest BCUT2D eigenvalue weighted by atomic mass is 9.95. The average Bonchev–Trinajstić information content (AvgIpc) is 3.04. The van der Waals surface area contributed by atoms with Gasteiger partial charge in [0.2, 0.25) is 0 Å². The van der Waals surface area contributed by atoms with Crippen molar-refractivity contribution in [1.29, 1.82) is 0 Å². The molecule has 7 heteroatoms. The molecule has 0 amide bonds.